The van der Waals surface area contributed by atoms with Crippen LogP contribution in [0.3, 0.4) is 0 Å². The van der Waals surface area contributed by atoms with Crippen molar-refractivity contribution in [2.24, 2.45) is 0 Å². The fraction of sp³-hybridized carbons (Fsp3) is 0.231. The van der Waals surface area contributed by atoms with Gasteiger partial charge in [0, 0.05) is 6.42 Å². The Morgan fingerprint density at radius 3 is 2.64 bits per heavy atom. The van der Waals surface area contributed by atoms with Crippen molar-refractivity contribution in [1.29, 1.82) is 0 Å². The van der Waals surface area contributed by atoms with Crippen molar-refractivity contribution in [1.82, 2.24) is 0 Å². The maximum atomic E-state index is 5.54. The van der Waals surface area contributed by atoms with Crippen molar-refractivity contribution in [3.05, 3.63) is 59.1 Å². The standard InChI is InChI=1S/C13H12O/c1-2-5-11-9-13-12(6-3-7-14-13)8-10(11)4-1/h1-5,7H,6,8-9H2. The minimum absolute atomic E-state index is 0.968. The number of hydrogen-bond acceptors (Lipinski definition) is 1. The van der Waals surface area contributed by atoms with E-state index in [0.29, 0.717) is 0 Å². The zero-order chi connectivity index (χ0) is 9.38. The van der Waals surface area contributed by atoms with Crippen LogP contribution in [-0.2, 0) is 17.6 Å². The lowest BCUT2D eigenvalue weighted by Gasteiger charge is -2.23. The summed E-state index contributed by atoms with van der Waals surface area (Å²) in [5.74, 6) is 1.17. The van der Waals surface area contributed by atoms with Crippen LogP contribution in [0.25, 0.3) is 0 Å². The van der Waals surface area contributed by atoms with Crippen LogP contribution in [0.15, 0.2) is 47.9 Å². The molecule has 0 unspecified atom stereocenters. The van der Waals surface area contributed by atoms with Gasteiger partial charge in [0.2, 0.25) is 0 Å². The van der Waals surface area contributed by atoms with Crippen molar-refractivity contribution in [3.8, 4) is 0 Å². The molecule has 0 saturated carbocycles. The quantitative estimate of drug-likeness (QED) is 0.602. The SMILES string of the molecule is C1=COC2=C(C1)Cc1ccccc1C2. The summed E-state index contributed by atoms with van der Waals surface area (Å²) in [5, 5.41) is 0. The monoisotopic (exact) mass is 184 g/mol. The van der Waals surface area contributed by atoms with Gasteiger partial charge in [-0.2, -0.15) is 0 Å². The lowest BCUT2D eigenvalue weighted by molar-refractivity contribution is 0.320. The molecule has 3 rings (SSSR count). The van der Waals surface area contributed by atoms with E-state index in [0.717, 1.165) is 19.3 Å². The summed E-state index contributed by atoms with van der Waals surface area (Å²) in [7, 11) is 0. The highest BCUT2D eigenvalue weighted by atomic mass is 16.5. The zero-order valence-corrected chi connectivity index (χ0v) is 7.99. The predicted octanol–water partition coefficient (Wildman–Crippen LogP) is 2.97. The first-order valence-corrected chi connectivity index (χ1v) is 5.03. The molecule has 0 atom stereocenters. The van der Waals surface area contributed by atoms with Crippen LogP contribution in [0.4, 0.5) is 0 Å². The highest BCUT2D eigenvalue weighted by Gasteiger charge is 2.19. The lowest BCUT2D eigenvalue weighted by atomic mass is 9.88. The smallest absolute Gasteiger partial charge is 0.107 e. The summed E-state index contributed by atoms with van der Waals surface area (Å²) in [6.07, 6.45) is 6.99. The summed E-state index contributed by atoms with van der Waals surface area (Å²) in [6, 6.07) is 8.63. The summed E-state index contributed by atoms with van der Waals surface area (Å²) in [5.41, 5.74) is 4.33. The molecular formula is C13H12O. The Morgan fingerprint density at radius 2 is 1.79 bits per heavy atom. The second-order valence-corrected chi connectivity index (χ2v) is 3.84. The number of fused-ring (bicyclic) bond motifs is 1. The van der Waals surface area contributed by atoms with Crippen LogP contribution < -0.4 is 0 Å². The average molecular weight is 184 g/mol. The van der Waals surface area contributed by atoms with Crippen molar-refractivity contribution in [3.63, 3.8) is 0 Å². The first kappa shape index (κ1) is 7.86. The average Bonchev–Trinajstić information content (AvgIpc) is 2.26. The topological polar surface area (TPSA) is 9.23 Å². The largest absolute Gasteiger partial charge is 0.469 e. The second kappa shape index (κ2) is 3.02. The maximum Gasteiger partial charge on any atom is 0.107 e. The van der Waals surface area contributed by atoms with Gasteiger partial charge in [-0.05, 0) is 35.6 Å². The van der Waals surface area contributed by atoms with Gasteiger partial charge in [-0.15, -0.1) is 0 Å². The Hall–Kier alpha value is -1.50. The first-order valence-electron chi connectivity index (χ1n) is 5.03. The van der Waals surface area contributed by atoms with Gasteiger partial charge in [0.05, 0.1) is 6.26 Å². The molecular weight excluding hydrogens is 172 g/mol. The maximum absolute atomic E-state index is 5.54. The number of allylic oxidation sites excluding steroid dienone is 3. The molecule has 2 aliphatic rings. The minimum Gasteiger partial charge on any atom is -0.469 e. The fourth-order valence-corrected chi connectivity index (χ4v) is 2.16. The van der Waals surface area contributed by atoms with Crippen LogP contribution in [0, 0.1) is 0 Å². The first-order chi connectivity index (χ1) is 6.93. The van der Waals surface area contributed by atoms with E-state index < -0.39 is 0 Å². The number of hydrogen-bond donors (Lipinski definition) is 0. The number of benzene rings is 1. The van der Waals surface area contributed by atoms with Crippen LogP contribution >= 0.6 is 0 Å². The number of rotatable bonds is 0. The fourth-order valence-electron chi connectivity index (χ4n) is 2.16. The molecule has 1 nitrogen and oxygen atoms in total. The summed E-state index contributed by atoms with van der Waals surface area (Å²) < 4.78 is 5.54. The van der Waals surface area contributed by atoms with Crippen LogP contribution in [0.2, 0.25) is 0 Å². The van der Waals surface area contributed by atoms with Gasteiger partial charge in [-0.1, -0.05) is 24.3 Å². The molecule has 70 valence electrons. The van der Waals surface area contributed by atoms with Gasteiger partial charge >= 0.3 is 0 Å². The van der Waals surface area contributed by atoms with Crippen LogP contribution in [0.1, 0.15) is 17.5 Å². The Bertz CT molecular complexity index is 388. The van der Waals surface area contributed by atoms with Gasteiger partial charge in [-0.25, -0.2) is 0 Å². The molecule has 0 saturated heterocycles. The molecule has 0 amide bonds. The van der Waals surface area contributed by atoms with Gasteiger partial charge in [-0.3, -0.25) is 0 Å². The van der Waals surface area contributed by atoms with Gasteiger partial charge in [0.1, 0.15) is 5.76 Å². The Labute approximate surface area is 83.7 Å². The Kier molecular flexibility index (Phi) is 1.69. The summed E-state index contributed by atoms with van der Waals surface area (Å²) >= 11 is 0. The summed E-state index contributed by atoms with van der Waals surface area (Å²) in [6.45, 7) is 0. The number of ether oxygens (including phenoxy) is 1. The molecule has 0 bridgehead atoms. The van der Waals surface area contributed by atoms with Crippen LogP contribution in [-0.4, -0.2) is 0 Å². The molecule has 1 aromatic rings. The molecule has 1 aromatic carbocycles. The Morgan fingerprint density at radius 1 is 1.00 bits per heavy atom. The normalized spacial score (nSPS) is 18.6. The van der Waals surface area contributed by atoms with Crippen molar-refractivity contribution in [2.45, 2.75) is 19.3 Å². The van der Waals surface area contributed by atoms with E-state index in [1.54, 1.807) is 0 Å². The molecule has 0 aromatic heterocycles. The minimum atomic E-state index is 0.968. The third-order valence-electron chi connectivity index (χ3n) is 2.94. The van der Waals surface area contributed by atoms with E-state index in [-0.39, 0.29) is 0 Å². The van der Waals surface area contributed by atoms with Gasteiger partial charge < -0.3 is 4.74 Å². The summed E-state index contributed by atoms with van der Waals surface area (Å²) in [4.78, 5) is 0. The molecule has 1 heterocycles. The van der Waals surface area contributed by atoms with E-state index in [1.165, 1.54) is 22.5 Å². The van der Waals surface area contributed by atoms with Gasteiger partial charge in [0.25, 0.3) is 0 Å². The highest BCUT2D eigenvalue weighted by molar-refractivity contribution is 5.40. The zero-order valence-electron chi connectivity index (χ0n) is 7.99. The highest BCUT2D eigenvalue weighted by Crippen LogP contribution is 2.30. The molecule has 1 heteroatoms. The second-order valence-electron chi connectivity index (χ2n) is 3.84. The van der Waals surface area contributed by atoms with E-state index in [1.807, 2.05) is 6.26 Å². The molecule has 0 radical (unpaired) electrons. The van der Waals surface area contributed by atoms with Crippen molar-refractivity contribution >= 4 is 0 Å². The third kappa shape index (κ3) is 1.17. The van der Waals surface area contributed by atoms with Crippen molar-refractivity contribution < 1.29 is 4.74 Å². The van der Waals surface area contributed by atoms with Crippen molar-refractivity contribution in [2.75, 3.05) is 0 Å². The molecule has 1 aliphatic heterocycles. The third-order valence-corrected chi connectivity index (χ3v) is 2.94. The van der Waals surface area contributed by atoms with Crippen LogP contribution in [0.5, 0.6) is 0 Å². The van der Waals surface area contributed by atoms with E-state index in [4.69, 9.17) is 4.74 Å². The predicted molar refractivity (Wildman–Crippen MR) is 55.7 cm³/mol. The van der Waals surface area contributed by atoms with E-state index in [9.17, 15) is 0 Å². The molecule has 0 fully saturated rings. The molecule has 14 heavy (non-hydrogen) atoms. The van der Waals surface area contributed by atoms with E-state index in [2.05, 4.69) is 30.3 Å². The molecule has 0 spiro atoms. The molecule has 0 N–H and O–H groups in total. The Balaban J connectivity index is 2.00. The van der Waals surface area contributed by atoms with Gasteiger partial charge in [0.15, 0.2) is 0 Å². The van der Waals surface area contributed by atoms with E-state index >= 15 is 0 Å². The molecule has 1 aliphatic carbocycles. The lowest BCUT2D eigenvalue weighted by Crippen LogP contribution is -2.11.